The van der Waals surface area contributed by atoms with E-state index in [0.717, 1.165) is 25.7 Å². The Morgan fingerprint density at radius 3 is 2.43 bits per heavy atom. The van der Waals surface area contributed by atoms with Crippen LogP contribution in [-0.4, -0.2) is 18.5 Å². The average molecular weight is 290 g/mol. The number of nitrogens with zero attached hydrogens (tertiary/aromatic N) is 1. The summed E-state index contributed by atoms with van der Waals surface area (Å²) in [7, 11) is 0. The molecule has 3 amide bonds. The van der Waals surface area contributed by atoms with Crippen molar-refractivity contribution in [2.75, 3.05) is 11.4 Å². The highest BCUT2D eigenvalue weighted by molar-refractivity contribution is 6.18. The number of imide groups is 1. The minimum absolute atomic E-state index is 0.148. The van der Waals surface area contributed by atoms with Crippen LogP contribution in [0.1, 0.15) is 32.6 Å². The minimum Gasteiger partial charge on any atom is -0.336 e. The van der Waals surface area contributed by atoms with Crippen LogP contribution in [0, 0.1) is 17.2 Å². The highest BCUT2D eigenvalue weighted by atomic mass is 19.1. The van der Waals surface area contributed by atoms with E-state index in [2.05, 4.69) is 12.2 Å². The van der Waals surface area contributed by atoms with Crippen molar-refractivity contribution in [3.05, 3.63) is 30.1 Å². The van der Waals surface area contributed by atoms with Gasteiger partial charge in [-0.2, -0.15) is 0 Å². The first kappa shape index (κ1) is 14.0. The van der Waals surface area contributed by atoms with Gasteiger partial charge in [-0.25, -0.2) is 14.1 Å². The molecule has 0 bridgehead atoms. The van der Waals surface area contributed by atoms with Crippen LogP contribution < -0.4 is 10.2 Å². The molecule has 2 fully saturated rings. The molecule has 0 atom stereocenters. The second-order valence-electron chi connectivity index (χ2n) is 6.24. The van der Waals surface area contributed by atoms with Crippen LogP contribution in [0.5, 0.6) is 0 Å². The van der Waals surface area contributed by atoms with Crippen molar-refractivity contribution >= 4 is 17.6 Å². The highest BCUT2D eigenvalue weighted by Crippen LogP contribution is 2.42. The van der Waals surface area contributed by atoms with Gasteiger partial charge in [-0.15, -0.1) is 0 Å². The van der Waals surface area contributed by atoms with Gasteiger partial charge in [0.05, 0.1) is 11.1 Å². The first-order valence-electron chi connectivity index (χ1n) is 7.40. The Balaban J connectivity index is 1.90. The van der Waals surface area contributed by atoms with Crippen LogP contribution in [-0.2, 0) is 4.79 Å². The lowest BCUT2D eigenvalue weighted by atomic mass is 9.69. The molecular formula is C16H19FN2O2. The zero-order chi connectivity index (χ0) is 15.0. The zero-order valence-corrected chi connectivity index (χ0v) is 12.1. The van der Waals surface area contributed by atoms with Crippen molar-refractivity contribution in [2.45, 2.75) is 32.6 Å². The first-order chi connectivity index (χ1) is 10.0. The highest BCUT2D eigenvalue weighted by Gasteiger charge is 2.48. The van der Waals surface area contributed by atoms with Crippen molar-refractivity contribution in [3.63, 3.8) is 0 Å². The standard InChI is InChI=1S/C16H19FN2O2/c1-11-6-8-16(9-7-11)10-18-15(21)19(14(16)20)13-4-2-12(17)3-5-13/h2-5,11H,6-10H2,1H3,(H,18,21). The lowest BCUT2D eigenvalue weighted by molar-refractivity contribution is -0.130. The number of nitrogens with one attached hydrogen (secondary N) is 1. The predicted molar refractivity (Wildman–Crippen MR) is 77.3 cm³/mol. The molecule has 1 spiro atoms. The Labute approximate surface area is 123 Å². The maximum absolute atomic E-state index is 13.0. The molecule has 3 rings (SSSR count). The van der Waals surface area contributed by atoms with E-state index in [9.17, 15) is 14.0 Å². The van der Waals surface area contributed by atoms with E-state index >= 15 is 0 Å². The fourth-order valence-corrected chi connectivity index (χ4v) is 3.26. The van der Waals surface area contributed by atoms with Crippen LogP contribution in [0.4, 0.5) is 14.9 Å². The molecule has 0 unspecified atom stereocenters. The summed E-state index contributed by atoms with van der Waals surface area (Å²) in [6, 6.07) is 5.05. The van der Waals surface area contributed by atoms with Crippen molar-refractivity contribution in [1.29, 1.82) is 0 Å². The molecule has 0 aromatic heterocycles. The number of amides is 3. The number of rotatable bonds is 1. The molecular weight excluding hydrogens is 271 g/mol. The van der Waals surface area contributed by atoms with E-state index in [0.29, 0.717) is 18.2 Å². The number of hydrogen-bond donors (Lipinski definition) is 1. The Hall–Kier alpha value is -1.91. The fourth-order valence-electron chi connectivity index (χ4n) is 3.26. The van der Waals surface area contributed by atoms with Crippen LogP contribution in [0.2, 0.25) is 0 Å². The molecule has 1 heterocycles. The van der Waals surface area contributed by atoms with Crippen LogP contribution >= 0.6 is 0 Å². The van der Waals surface area contributed by atoms with Gasteiger partial charge < -0.3 is 5.32 Å². The molecule has 1 saturated heterocycles. The average Bonchev–Trinajstić information content (AvgIpc) is 2.48. The van der Waals surface area contributed by atoms with Gasteiger partial charge in [0.25, 0.3) is 0 Å². The van der Waals surface area contributed by atoms with Gasteiger partial charge in [0.1, 0.15) is 5.82 Å². The number of carbonyl (C=O) groups is 2. The Bertz CT molecular complexity index is 562. The molecule has 1 aromatic carbocycles. The molecule has 21 heavy (non-hydrogen) atoms. The molecule has 4 nitrogen and oxygen atoms in total. The largest absolute Gasteiger partial charge is 0.336 e. The maximum atomic E-state index is 13.0. The minimum atomic E-state index is -0.491. The van der Waals surface area contributed by atoms with Crippen LogP contribution in [0.3, 0.4) is 0 Å². The lowest BCUT2D eigenvalue weighted by Gasteiger charge is -2.44. The Morgan fingerprint density at radius 1 is 1.19 bits per heavy atom. The molecule has 5 heteroatoms. The summed E-state index contributed by atoms with van der Waals surface area (Å²) in [4.78, 5) is 26.1. The molecule has 2 aliphatic rings. The van der Waals surface area contributed by atoms with Crippen molar-refractivity contribution in [2.24, 2.45) is 11.3 Å². The van der Waals surface area contributed by atoms with Gasteiger partial charge in [-0.1, -0.05) is 6.92 Å². The Morgan fingerprint density at radius 2 is 1.81 bits per heavy atom. The number of hydrogen-bond acceptors (Lipinski definition) is 2. The molecule has 1 aromatic rings. The molecule has 1 aliphatic carbocycles. The summed E-state index contributed by atoms with van der Waals surface area (Å²) in [5, 5.41) is 2.82. The van der Waals surface area contributed by atoms with E-state index in [1.165, 1.54) is 29.2 Å². The third-order valence-corrected chi connectivity index (χ3v) is 4.75. The summed E-state index contributed by atoms with van der Waals surface area (Å²) < 4.78 is 13.0. The number of carbonyl (C=O) groups excluding carboxylic acids is 2. The van der Waals surface area contributed by atoms with Gasteiger partial charge in [-0.3, -0.25) is 4.79 Å². The third-order valence-electron chi connectivity index (χ3n) is 4.75. The van der Waals surface area contributed by atoms with E-state index in [1.807, 2.05) is 0 Å². The Kier molecular flexibility index (Phi) is 3.43. The van der Waals surface area contributed by atoms with Gasteiger partial charge in [0.15, 0.2) is 0 Å². The predicted octanol–water partition coefficient (Wildman–Crippen LogP) is 3.08. The fraction of sp³-hybridized carbons (Fsp3) is 0.500. The van der Waals surface area contributed by atoms with E-state index in [1.54, 1.807) is 0 Å². The number of benzene rings is 1. The van der Waals surface area contributed by atoms with Gasteiger partial charge >= 0.3 is 6.03 Å². The van der Waals surface area contributed by atoms with Gasteiger partial charge in [0.2, 0.25) is 5.91 Å². The van der Waals surface area contributed by atoms with E-state index in [-0.39, 0.29) is 11.7 Å². The van der Waals surface area contributed by atoms with Gasteiger partial charge in [0, 0.05) is 6.54 Å². The molecule has 1 N–H and O–H groups in total. The molecule has 0 radical (unpaired) electrons. The molecule has 112 valence electrons. The quantitative estimate of drug-likeness (QED) is 0.864. The second kappa shape index (κ2) is 5.13. The zero-order valence-electron chi connectivity index (χ0n) is 12.1. The van der Waals surface area contributed by atoms with Crippen molar-refractivity contribution < 1.29 is 14.0 Å². The normalized spacial score (nSPS) is 29.6. The summed E-state index contributed by atoms with van der Waals surface area (Å²) in [6.45, 7) is 2.60. The van der Waals surface area contributed by atoms with Gasteiger partial charge in [-0.05, 0) is 55.9 Å². The summed E-state index contributed by atoms with van der Waals surface area (Å²) in [5.74, 6) is 0.0925. The number of halogens is 1. The lowest BCUT2D eigenvalue weighted by Crippen LogP contribution is -2.61. The second-order valence-corrected chi connectivity index (χ2v) is 6.24. The smallest absolute Gasteiger partial charge is 0.328 e. The number of anilines is 1. The topological polar surface area (TPSA) is 49.4 Å². The first-order valence-corrected chi connectivity index (χ1v) is 7.40. The summed E-state index contributed by atoms with van der Waals surface area (Å²) in [6.07, 6.45) is 3.59. The monoisotopic (exact) mass is 290 g/mol. The van der Waals surface area contributed by atoms with Crippen LogP contribution in [0.25, 0.3) is 0 Å². The SMILES string of the molecule is CC1CCC2(CC1)CNC(=O)N(c1ccc(F)cc1)C2=O. The molecule has 1 saturated carbocycles. The summed E-state index contributed by atoms with van der Waals surface area (Å²) >= 11 is 0. The number of urea groups is 1. The third kappa shape index (κ3) is 2.41. The van der Waals surface area contributed by atoms with Crippen molar-refractivity contribution in [3.8, 4) is 0 Å². The van der Waals surface area contributed by atoms with Crippen LogP contribution in [0.15, 0.2) is 24.3 Å². The van der Waals surface area contributed by atoms with E-state index in [4.69, 9.17) is 0 Å². The summed E-state index contributed by atoms with van der Waals surface area (Å²) in [5.41, 5.74) is -0.0639. The molecule has 1 aliphatic heterocycles. The maximum Gasteiger partial charge on any atom is 0.328 e. The van der Waals surface area contributed by atoms with Crippen molar-refractivity contribution in [1.82, 2.24) is 5.32 Å². The van der Waals surface area contributed by atoms with E-state index < -0.39 is 11.4 Å².